The Morgan fingerprint density at radius 1 is 1.43 bits per heavy atom. The molecule has 0 radical (unpaired) electrons. The summed E-state index contributed by atoms with van der Waals surface area (Å²) in [7, 11) is 2.01. The average Bonchev–Trinajstić information content (AvgIpc) is 2.97. The van der Waals surface area contributed by atoms with Crippen LogP contribution in [0.4, 0.5) is 5.69 Å². The van der Waals surface area contributed by atoms with Crippen molar-refractivity contribution in [3.8, 4) is 0 Å². The van der Waals surface area contributed by atoms with Gasteiger partial charge in [-0.15, -0.1) is 0 Å². The zero-order valence-electron chi connectivity index (χ0n) is 12.4. The summed E-state index contributed by atoms with van der Waals surface area (Å²) in [6.07, 6.45) is 2.50. The number of nitrogens with zero attached hydrogens (tertiary/aromatic N) is 2. The van der Waals surface area contributed by atoms with E-state index < -0.39 is 0 Å². The Labute approximate surface area is 124 Å². The molecular weight excluding hydrogens is 272 g/mol. The van der Waals surface area contributed by atoms with Crippen LogP contribution in [0.5, 0.6) is 0 Å². The van der Waals surface area contributed by atoms with E-state index in [1.54, 1.807) is 12.1 Å². The number of non-ortho nitro benzene ring substituents is 1. The van der Waals surface area contributed by atoms with E-state index in [9.17, 15) is 10.1 Å². The van der Waals surface area contributed by atoms with Crippen LogP contribution < -0.4 is 0 Å². The van der Waals surface area contributed by atoms with Crippen molar-refractivity contribution >= 4 is 5.69 Å². The Morgan fingerprint density at radius 2 is 2.19 bits per heavy atom. The highest BCUT2D eigenvalue weighted by Gasteiger charge is 2.15. The third kappa shape index (κ3) is 5.41. The normalized spacial score (nSPS) is 18.3. The molecule has 0 spiro atoms. The molecule has 0 aliphatic carbocycles. The van der Waals surface area contributed by atoms with E-state index in [-0.39, 0.29) is 16.7 Å². The summed E-state index contributed by atoms with van der Waals surface area (Å²) in [5.74, 6) is 0. The molecule has 6 nitrogen and oxygen atoms in total. The number of hydrogen-bond donors (Lipinski definition) is 0. The van der Waals surface area contributed by atoms with Crippen LogP contribution in [-0.2, 0) is 16.0 Å². The van der Waals surface area contributed by atoms with Crippen LogP contribution in [0.25, 0.3) is 0 Å². The highest BCUT2D eigenvalue weighted by molar-refractivity contribution is 5.32. The van der Waals surface area contributed by atoms with Gasteiger partial charge >= 0.3 is 0 Å². The average molecular weight is 294 g/mol. The van der Waals surface area contributed by atoms with Crippen molar-refractivity contribution in [3.05, 3.63) is 39.9 Å². The second-order valence-corrected chi connectivity index (χ2v) is 5.37. The highest BCUT2D eigenvalue weighted by Crippen LogP contribution is 2.13. The van der Waals surface area contributed by atoms with Crippen LogP contribution >= 0.6 is 0 Å². The first-order valence-corrected chi connectivity index (χ1v) is 7.26. The number of likely N-dealkylation sites (N-methyl/N-ethyl adjacent to an activating group) is 1. The number of ether oxygens (including phenoxy) is 2. The monoisotopic (exact) mass is 294 g/mol. The SMILES string of the molecule is CN(CCOC[C@H]1CCCO1)Cc1ccc([N+](=O)[O-])cc1. The van der Waals surface area contributed by atoms with E-state index in [2.05, 4.69) is 4.90 Å². The number of nitro groups is 1. The summed E-state index contributed by atoms with van der Waals surface area (Å²) in [4.78, 5) is 12.3. The molecule has 1 fully saturated rings. The summed E-state index contributed by atoms with van der Waals surface area (Å²) < 4.78 is 11.1. The molecule has 0 saturated carbocycles. The summed E-state index contributed by atoms with van der Waals surface area (Å²) in [6, 6.07) is 6.66. The molecule has 1 aromatic rings. The summed E-state index contributed by atoms with van der Waals surface area (Å²) in [5.41, 5.74) is 1.18. The predicted octanol–water partition coefficient (Wildman–Crippen LogP) is 2.22. The second kappa shape index (κ2) is 8.07. The first-order chi connectivity index (χ1) is 10.1. The van der Waals surface area contributed by atoms with E-state index >= 15 is 0 Å². The Hall–Kier alpha value is -1.50. The molecule has 0 aromatic heterocycles. The van der Waals surface area contributed by atoms with Crippen molar-refractivity contribution in [2.24, 2.45) is 0 Å². The van der Waals surface area contributed by atoms with Crippen LogP contribution in [0.3, 0.4) is 0 Å². The summed E-state index contributed by atoms with van der Waals surface area (Å²) in [5, 5.41) is 10.6. The minimum atomic E-state index is -0.383. The van der Waals surface area contributed by atoms with Crippen molar-refractivity contribution in [2.75, 3.05) is 33.4 Å². The lowest BCUT2D eigenvalue weighted by Crippen LogP contribution is -2.24. The molecule has 0 bridgehead atoms. The van der Waals surface area contributed by atoms with Gasteiger partial charge in [0.25, 0.3) is 5.69 Å². The molecule has 6 heteroatoms. The molecule has 1 heterocycles. The molecule has 0 amide bonds. The van der Waals surface area contributed by atoms with Gasteiger partial charge in [-0.1, -0.05) is 12.1 Å². The van der Waals surface area contributed by atoms with Gasteiger partial charge in [0.05, 0.1) is 24.2 Å². The molecule has 1 aliphatic heterocycles. The largest absolute Gasteiger partial charge is 0.377 e. The Bertz CT molecular complexity index is 443. The smallest absolute Gasteiger partial charge is 0.269 e. The van der Waals surface area contributed by atoms with Gasteiger partial charge in [-0.3, -0.25) is 15.0 Å². The Balaban J connectivity index is 1.64. The minimum absolute atomic E-state index is 0.126. The van der Waals surface area contributed by atoms with Gasteiger partial charge in [0.2, 0.25) is 0 Å². The van der Waals surface area contributed by atoms with Gasteiger partial charge in [0, 0.05) is 31.8 Å². The maximum absolute atomic E-state index is 10.6. The van der Waals surface area contributed by atoms with Crippen LogP contribution in [0, 0.1) is 10.1 Å². The third-order valence-corrected chi connectivity index (χ3v) is 3.54. The molecule has 0 N–H and O–H groups in total. The van der Waals surface area contributed by atoms with Crippen molar-refractivity contribution in [3.63, 3.8) is 0 Å². The standard InChI is InChI=1S/C15H22N2O4/c1-16(8-10-20-12-15-3-2-9-21-15)11-13-4-6-14(7-5-13)17(18)19/h4-7,15H,2-3,8-12H2,1H3/t15-/m1/s1. The molecule has 21 heavy (non-hydrogen) atoms. The molecule has 116 valence electrons. The van der Waals surface area contributed by atoms with Crippen LogP contribution in [0.15, 0.2) is 24.3 Å². The van der Waals surface area contributed by atoms with E-state index in [4.69, 9.17) is 9.47 Å². The van der Waals surface area contributed by atoms with Gasteiger partial charge in [-0.05, 0) is 25.5 Å². The van der Waals surface area contributed by atoms with E-state index in [0.717, 1.165) is 38.1 Å². The number of nitro benzene ring substituents is 1. The van der Waals surface area contributed by atoms with Crippen LogP contribution in [0.2, 0.25) is 0 Å². The molecule has 2 rings (SSSR count). The first-order valence-electron chi connectivity index (χ1n) is 7.26. The van der Waals surface area contributed by atoms with Crippen molar-refractivity contribution in [1.82, 2.24) is 4.90 Å². The fourth-order valence-corrected chi connectivity index (χ4v) is 2.32. The van der Waals surface area contributed by atoms with Crippen LogP contribution in [-0.4, -0.2) is 49.3 Å². The quantitative estimate of drug-likeness (QED) is 0.418. The van der Waals surface area contributed by atoms with Gasteiger partial charge in [0.1, 0.15) is 0 Å². The fraction of sp³-hybridized carbons (Fsp3) is 0.600. The summed E-state index contributed by atoms with van der Waals surface area (Å²) >= 11 is 0. The topological polar surface area (TPSA) is 64.8 Å². The second-order valence-electron chi connectivity index (χ2n) is 5.37. The zero-order chi connectivity index (χ0) is 15.1. The third-order valence-electron chi connectivity index (χ3n) is 3.54. The molecule has 1 saturated heterocycles. The Morgan fingerprint density at radius 3 is 2.81 bits per heavy atom. The predicted molar refractivity (Wildman–Crippen MR) is 79.2 cm³/mol. The van der Waals surface area contributed by atoms with Crippen LogP contribution in [0.1, 0.15) is 18.4 Å². The first kappa shape index (κ1) is 15.9. The lowest BCUT2D eigenvalue weighted by Gasteiger charge is -2.17. The molecule has 1 aliphatic rings. The number of hydrogen-bond acceptors (Lipinski definition) is 5. The van der Waals surface area contributed by atoms with E-state index in [1.165, 1.54) is 12.1 Å². The fourth-order valence-electron chi connectivity index (χ4n) is 2.32. The minimum Gasteiger partial charge on any atom is -0.377 e. The van der Waals surface area contributed by atoms with E-state index in [0.29, 0.717) is 13.2 Å². The lowest BCUT2D eigenvalue weighted by molar-refractivity contribution is -0.384. The molecular formula is C15H22N2O4. The number of benzene rings is 1. The zero-order valence-corrected chi connectivity index (χ0v) is 12.4. The maximum Gasteiger partial charge on any atom is 0.269 e. The molecule has 1 atom stereocenters. The van der Waals surface area contributed by atoms with Gasteiger partial charge in [-0.2, -0.15) is 0 Å². The van der Waals surface area contributed by atoms with Crippen molar-refractivity contribution in [1.29, 1.82) is 0 Å². The van der Waals surface area contributed by atoms with Crippen molar-refractivity contribution < 1.29 is 14.4 Å². The molecule has 1 aromatic carbocycles. The number of rotatable bonds is 8. The molecule has 0 unspecified atom stereocenters. The van der Waals surface area contributed by atoms with Gasteiger partial charge in [0.15, 0.2) is 0 Å². The van der Waals surface area contributed by atoms with Crippen molar-refractivity contribution in [2.45, 2.75) is 25.5 Å². The lowest BCUT2D eigenvalue weighted by atomic mass is 10.2. The maximum atomic E-state index is 10.6. The highest BCUT2D eigenvalue weighted by atomic mass is 16.6. The van der Waals surface area contributed by atoms with Gasteiger partial charge < -0.3 is 9.47 Å². The summed E-state index contributed by atoms with van der Waals surface area (Å²) in [6.45, 7) is 3.77. The van der Waals surface area contributed by atoms with E-state index in [1.807, 2.05) is 7.05 Å². The Kier molecular flexibility index (Phi) is 6.10. The van der Waals surface area contributed by atoms with Gasteiger partial charge in [-0.25, -0.2) is 0 Å².